The van der Waals surface area contributed by atoms with Crippen molar-refractivity contribution in [1.82, 2.24) is 25.1 Å². The van der Waals surface area contributed by atoms with Gasteiger partial charge in [-0.25, -0.2) is 4.98 Å². The van der Waals surface area contributed by atoms with Crippen molar-refractivity contribution >= 4 is 55.7 Å². The fraction of sp³-hybridized carbons (Fsp3) is 0.444. The Morgan fingerprint density at radius 1 is 1.31 bits per heavy atom. The Balaban J connectivity index is 1.52. The Morgan fingerprint density at radius 3 is 2.85 bits per heavy atom. The molecule has 8 heteroatoms. The second-order valence-corrected chi connectivity index (χ2v) is 8.68. The standard InChI is InChI=1S/C18H20BrN5OS/c1-10-4-3-5-11(2)24(10)15(25)9-26-18-21-17-16(22-23-18)13-8-12(19)6-7-14(13)20-17/h6-8,10-11H,3-5,9H2,1-2H3,(H,20,21,23)/t10-,11-/m0/s1. The molecule has 26 heavy (non-hydrogen) atoms. The lowest BCUT2D eigenvalue weighted by atomic mass is 9.98. The van der Waals surface area contributed by atoms with E-state index >= 15 is 0 Å². The summed E-state index contributed by atoms with van der Waals surface area (Å²) in [6.45, 7) is 4.26. The highest BCUT2D eigenvalue weighted by Crippen LogP contribution is 2.27. The van der Waals surface area contributed by atoms with Crippen molar-refractivity contribution in [1.29, 1.82) is 0 Å². The molecule has 3 aromatic rings. The van der Waals surface area contributed by atoms with Crippen LogP contribution in [0.2, 0.25) is 0 Å². The number of piperidine rings is 1. The molecule has 0 aliphatic carbocycles. The van der Waals surface area contributed by atoms with Gasteiger partial charge in [0.2, 0.25) is 11.1 Å². The van der Waals surface area contributed by atoms with Crippen LogP contribution in [0.4, 0.5) is 0 Å². The third-order valence-electron chi connectivity index (χ3n) is 4.96. The summed E-state index contributed by atoms with van der Waals surface area (Å²) in [6, 6.07) is 6.57. The first-order valence-electron chi connectivity index (χ1n) is 8.78. The molecule has 0 radical (unpaired) electrons. The van der Waals surface area contributed by atoms with Crippen molar-refractivity contribution in [2.45, 2.75) is 50.4 Å². The number of hydrogen-bond donors (Lipinski definition) is 1. The fourth-order valence-electron chi connectivity index (χ4n) is 3.70. The van der Waals surface area contributed by atoms with Gasteiger partial charge in [-0.2, -0.15) is 0 Å². The molecule has 0 unspecified atom stereocenters. The summed E-state index contributed by atoms with van der Waals surface area (Å²) in [7, 11) is 0. The Bertz CT molecular complexity index is 965. The summed E-state index contributed by atoms with van der Waals surface area (Å²) in [5.74, 6) is 0.493. The molecule has 2 atom stereocenters. The van der Waals surface area contributed by atoms with Gasteiger partial charge in [0.15, 0.2) is 5.65 Å². The summed E-state index contributed by atoms with van der Waals surface area (Å²) in [4.78, 5) is 22.5. The second-order valence-electron chi connectivity index (χ2n) is 6.83. The van der Waals surface area contributed by atoms with E-state index in [1.165, 1.54) is 18.2 Å². The number of halogens is 1. The number of aromatic nitrogens is 4. The zero-order chi connectivity index (χ0) is 18.3. The third kappa shape index (κ3) is 3.32. The maximum atomic E-state index is 12.7. The highest BCUT2D eigenvalue weighted by atomic mass is 79.9. The van der Waals surface area contributed by atoms with Crippen LogP contribution in [-0.4, -0.2) is 48.8 Å². The molecule has 1 saturated heterocycles. The average molecular weight is 434 g/mol. The Labute approximate surface area is 164 Å². The lowest BCUT2D eigenvalue weighted by molar-refractivity contribution is -0.134. The van der Waals surface area contributed by atoms with E-state index in [9.17, 15) is 4.79 Å². The van der Waals surface area contributed by atoms with Gasteiger partial charge in [-0.1, -0.05) is 27.7 Å². The molecule has 4 rings (SSSR count). The first-order chi connectivity index (χ1) is 12.5. The lowest BCUT2D eigenvalue weighted by Gasteiger charge is -2.39. The maximum absolute atomic E-state index is 12.7. The van der Waals surface area contributed by atoms with Crippen molar-refractivity contribution in [3.63, 3.8) is 0 Å². The van der Waals surface area contributed by atoms with Crippen LogP contribution in [-0.2, 0) is 4.79 Å². The van der Waals surface area contributed by atoms with Gasteiger partial charge in [-0.15, -0.1) is 10.2 Å². The predicted molar refractivity (Wildman–Crippen MR) is 107 cm³/mol. The summed E-state index contributed by atoms with van der Waals surface area (Å²) in [5.41, 5.74) is 2.41. The molecular formula is C18H20BrN5OS. The van der Waals surface area contributed by atoms with Crippen LogP contribution < -0.4 is 0 Å². The molecule has 136 valence electrons. The van der Waals surface area contributed by atoms with Crippen molar-refractivity contribution < 1.29 is 4.79 Å². The van der Waals surface area contributed by atoms with Gasteiger partial charge in [0, 0.05) is 27.5 Å². The van der Waals surface area contributed by atoms with Crippen LogP contribution >= 0.6 is 27.7 Å². The first-order valence-corrected chi connectivity index (χ1v) is 10.6. The van der Waals surface area contributed by atoms with E-state index in [1.54, 1.807) is 0 Å². The van der Waals surface area contributed by atoms with Crippen LogP contribution in [0.3, 0.4) is 0 Å². The number of nitrogens with zero attached hydrogens (tertiary/aromatic N) is 4. The number of aromatic amines is 1. The Kier molecular flexibility index (Phi) is 4.88. The number of rotatable bonds is 3. The molecule has 2 aromatic heterocycles. The predicted octanol–water partition coefficient (Wildman–Crippen LogP) is 4.15. The number of benzene rings is 1. The van der Waals surface area contributed by atoms with Gasteiger partial charge in [-0.3, -0.25) is 4.79 Å². The molecule has 0 bridgehead atoms. The van der Waals surface area contributed by atoms with E-state index in [1.807, 2.05) is 23.1 Å². The van der Waals surface area contributed by atoms with Crippen molar-refractivity contribution in [3.05, 3.63) is 22.7 Å². The number of nitrogens with one attached hydrogen (secondary N) is 1. The fourth-order valence-corrected chi connectivity index (χ4v) is 4.72. The quantitative estimate of drug-likeness (QED) is 0.627. The van der Waals surface area contributed by atoms with Gasteiger partial charge in [-0.05, 0) is 51.3 Å². The minimum absolute atomic E-state index is 0.152. The van der Waals surface area contributed by atoms with Crippen molar-refractivity contribution in [2.75, 3.05) is 5.75 Å². The largest absolute Gasteiger partial charge is 0.338 e. The highest BCUT2D eigenvalue weighted by Gasteiger charge is 2.28. The summed E-state index contributed by atoms with van der Waals surface area (Å²) in [5, 5.41) is 10.0. The van der Waals surface area contributed by atoms with Crippen LogP contribution in [0, 0.1) is 0 Å². The molecule has 1 N–H and O–H groups in total. The summed E-state index contributed by atoms with van der Waals surface area (Å²) in [6.07, 6.45) is 3.35. The molecule has 0 spiro atoms. The van der Waals surface area contributed by atoms with Crippen LogP contribution in [0.1, 0.15) is 33.1 Å². The number of carbonyl (C=O) groups excluding carboxylic acids is 1. The van der Waals surface area contributed by atoms with Crippen molar-refractivity contribution in [2.24, 2.45) is 0 Å². The van der Waals surface area contributed by atoms with E-state index in [4.69, 9.17) is 0 Å². The minimum atomic E-state index is 0.152. The molecule has 1 fully saturated rings. The van der Waals surface area contributed by atoms with Gasteiger partial charge in [0.25, 0.3) is 0 Å². The number of H-pyrrole nitrogens is 1. The summed E-state index contributed by atoms with van der Waals surface area (Å²) < 4.78 is 0.988. The minimum Gasteiger partial charge on any atom is -0.338 e. The van der Waals surface area contributed by atoms with E-state index in [0.29, 0.717) is 28.6 Å². The van der Waals surface area contributed by atoms with Gasteiger partial charge in [0.1, 0.15) is 5.52 Å². The molecular weight excluding hydrogens is 414 g/mol. The normalized spacial score (nSPS) is 20.8. The first kappa shape index (κ1) is 17.7. The number of hydrogen-bond acceptors (Lipinski definition) is 5. The molecule has 6 nitrogen and oxygen atoms in total. The van der Waals surface area contributed by atoms with Crippen LogP contribution in [0.25, 0.3) is 22.1 Å². The number of thioether (sulfide) groups is 1. The van der Waals surface area contributed by atoms with Crippen LogP contribution in [0.5, 0.6) is 0 Å². The van der Waals surface area contributed by atoms with Crippen molar-refractivity contribution in [3.8, 4) is 0 Å². The Morgan fingerprint density at radius 2 is 2.08 bits per heavy atom. The second kappa shape index (κ2) is 7.15. The third-order valence-corrected chi connectivity index (χ3v) is 6.28. The maximum Gasteiger partial charge on any atom is 0.233 e. The number of carbonyl (C=O) groups is 1. The average Bonchev–Trinajstić information content (AvgIpc) is 2.97. The molecule has 1 aliphatic heterocycles. The van der Waals surface area contributed by atoms with E-state index in [0.717, 1.165) is 33.7 Å². The van der Waals surface area contributed by atoms with Gasteiger partial charge in [0.05, 0.1) is 5.75 Å². The lowest BCUT2D eigenvalue weighted by Crippen LogP contribution is -2.48. The van der Waals surface area contributed by atoms with E-state index in [-0.39, 0.29) is 5.91 Å². The number of likely N-dealkylation sites (tertiary alicyclic amines) is 1. The topological polar surface area (TPSA) is 74.8 Å². The zero-order valence-corrected chi connectivity index (χ0v) is 17.1. The number of fused-ring (bicyclic) bond motifs is 3. The van der Waals surface area contributed by atoms with E-state index in [2.05, 4.69) is 49.9 Å². The smallest absolute Gasteiger partial charge is 0.233 e. The van der Waals surface area contributed by atoms with E-state index < -0.39 is 0 Å². The SMILES string of the molecule is C[C@H]1CCC[C@H](C)N1C(=O)CSc1nnc2c(n1)[nH]c1ccc(Br)cc12. The highest BCUT2D eigenvalue weighted by molar-refractivity contribution is 9.10. The monoisotopic (exact) mass is 433 g/mol. The van der Waals surface area contributed by atoms with Gasteiger partial charge >= 0.3 is 0 Å². The summed E-state index contributed by atoms with van der Waals surface area (Å²) >= 11 is 4.83. The molecule has 3 heterocycles. The zero-order valence-electron chi connectivity index (χ0n) is 14.7. The molecule has 0 saturated carbocycles. The van der Waals surface area contributed by atoms with Crippen LogP contribution in [0.15, 0.2) is 27.8 Å². The molecule has 1 amide bonds. The molecule has 1 aromatic carbocycles. The van der Waals surface area contributed by atoms with Gasteiger partial charge < -0.3 is 9.88 Å². The number of amides is 1. The Hall–Kier alpha value is -1.67. The molecule has 1 aliphatic rings.